The second-order valence-corrected chi connectivity index (χ2v) is 9.11. The Bertz CT molecular complexity index is 1190. The molecule has 2 N–H and O–H groups in total. The van der Waals surface area contributed by atoms with Gasteiger partial charge in [-0.25, -0.2) is 9.97 Å². The zero-order valence-corrected chi connectivity index (χ0v) is 18.7. The first-order valence-electron chi connectivity index (χ1n) is 10.5. The highest BCUT2D eigenvalue weighted by molar-refractivity contribution is 6.05. The highest BCUT2D eigenvalue weighted by Crippen LogP contribution is 2.44. The number of alkyl halides is 3. The van der Waals surface area contributed by atoms with Crippen LogP contribution in [0.4, 0.5) is 24.7 Å². The van der Waals surface area contributed by atoms with Gasteiger partial charge in [-0.05, 0) is 50.8 Å². The molecule has 0 saturated heterocycles. The molecule has 33 heavy (non-hydrogen) atoms. The molecule has 0 atom stereocenters. The number of anilines is 2. The molecule has 4 rings (SSSR count). The molecule has 1 aliphatic rings. The number of aliphatic hydroxyl groups is 1. The number of pyridine rings is 2. The summed E-state index contributed by atoms with van der Waals surface area (Å²) in [5, 5.41) is 18.0. The van der Waals surface area contributed by atoms with E-state index in [1.807, 2.05) is 10.9 Å². The molecular formula is C22H25F3N6O2. The summed E-state index contributed by atoms with van der Waals surface area (Å²) in [6.07, 6.45) is -1.23. The van der Waals surface area contributed by atoms with Crippen LogP contribution in [-0.4, -0.2) is 50.5 Å². The fourth-order valence-corrected chi connectivity index (χ4v) is 3.87. The van der Waals surface area contributed by atoms with Crippen molar-refractivity contribution < 1.29 is 23.1 Å². The van der Waals surface area contributed by atoms with Crippen LogP contribution in [0.25, 0.3) is 11.0 Å². The van der Waals surface area contributed by atoms with Crippen molar-refractivity contribution in [2.45, 2.75) is 44.5 Å². The summed E-state index contributed by atoms with van der Waals surface area (Å²) in [4.78, 5) is 22.3. The molecule has 3 aromatic heterocycles. The van der Waals surface area contributed by atoms with Gasteiger partial charge in [0.25, 0.3) is 5.91 Å². The Morgan fingerprint density at radius 2 is 1.91 bits per heavy atom. The number of nitrogens with zero attached hydrogens (tertiary/aromatic N) is 5. The predicted molar refractivity (Wildman–Crippen MR) is 117 cm³/mol. The topological polar surface area (TPSA) is 96.2 Å². The van der Waals surface area contributed by atoms with Gasteiger partial charge in [0, 0.05) is 25.7 Å². The number of aromatic nitrogens is 4. The number of hydrogen-bond donors (Lipinski definition) is 2. The zero-order valence-electron chi connectivity index (χ0n) is 18.7. The second-order valence-electron chi connectivity index (χ2n) is 9.11. The van der Waals surface area contributed by atoms with Gasteiger partial charge in [-0.1, -0.05) is 6.07 Å². The SMILES string of the molecule is CN(C)c1nc2nn(C3CC(C(C)(C)O)C3)cc2cc1NC(=O)c1cccc(C(F)(F)F)n1. The van der Waals surface area contributed by atoms with Gasteiger partial charge in [0.05, 0.1) is 17.3 Å². The highest BCUT2D eigenvalue weighted by atomic mass is 19.4. The third kappa shape index (κ3) is 4.63. The Kier molecular flexibility index (Phi) is 5.55. The van der Waals surface area contributed by atoms with Crippen LogP contribution in [0.15, 0.2) is 30.5 Å². The molecule has 11 heteroatoms. The van der Waals surface area contributed by atoms with Crippen molar-refractivity contribution in [1.29, 1.82) is 0 Å². The zero-order chi connectivity index (χ0) is 24.1. The summed E-state index contributed by atoms with van der Waals surface area (Å²) < 4.78 is 40.7. The van der Waals surface area contributed by atoms with Gasteiger partial charge in [-0.2, -0.15) is 18.3 Å². The molecule has 1 aliphatic carbocycles. The lowest BCUT2D eigenvalue weighted by Crippen LogP contribution is -2.41. The summed E-state index contributed by atoms with van der Waals surface area (Å²) >= 11 is 0. The van der Waals surface area contributed by atoms with Crippen molar-refractivity contribution in [2.75, 3.05) is 24.3 Å². The van der Waals surface area contributed by atoms with Crippen molar-refractivity contribution in [3.05, 3.63) is 41.9 Å². The maximum absolute atomic E-state index is 13.0. The van der Waals surface area contributed by atoms with E-state index in [2.05, 4.69) is 20.4 Å². The molecule has 0 aliphatic heterocycles. The smallest absolute Gasteiger partial charge is 0.390 e. The first kappa shape index (κ1) is 23.0. The number of hydrogen-bond acceptors (Lipinski definition) is 6. The fraction of sp³-hybridized carbons (Fsp3) is 0.455. The van der Waals surface area contributed by atoms with Crippen LogP contribution >= 0.6 is 0 Å². The molecule has 8 nitrogen and oxygen atoms in total. The molecule has 176 valence electrons. The van der Waals surface area contributed by atoms with E-state index in [4.69, 9.17) is 0 Å². The summed E-state index contributed by atoms with van der Waals surface area (Å²) in [6.45, 7) is 3.60. The van der Waals surface area contributed by atoms with E-state index in [1.54, 1.807) is 38.9 Å². The van der Waals surface area contributed by atoms with Crippen molar-refractivity contribution in [3.63, 3.8) is 0 Å². The quantitative estimate of drug-likeness (QED) is 0.597. The minimum Gasteiger partial charge on any atom is -0.390 e. The van der Waals surface area contributed by atoms with Crippen LogP contribution in [-0.2, 0) is 6.18 Å². The Morgan fingerprint density at radius 3 is 2.52 bits per heavy atom. The second kappa shape index (κ2) is 7.98. The molecule has 0 radical (unpaired) electrons. The third-order valence-electron chi connectivity index (χ3n) is 5.92. The Labute approximate surface area is 188 Å². The lowest BCUT2D eigenvalue weighted by Gasteiger charge is -2.42. The van der Waals surface area contributed by atoms with Crippen LogP contribution in [0.1, 0.15) is 48.9 Å². The van der Waals surface area contributed by atoms with Crippen LogP contribution in [0.5, 0.6) is 0 Å². The number of fused-ring (bicyclic) bond motifs is 1. The van der Waals surface area contributed by atoms with Crippen molar-refractivity contribution in [2.24, 2.45) is 5.92 Å². The van der Waals surface area contributed by atoms with E-state index in [9.17, 15) is 23.1 Å². The van der Waals surface area contributed by atoms with Gasteiger partial charge in [0.15, 0.2) is 11.5 Å². The molecule has 3 heterocycles. The van der Waals surface area contributed by atoms with Crippen molar-refractivity contribution in [1.82, 2.24) is 19.7 Å². The van der Waals surface area contributed by atoms with Gasteiger partial charge in [0.1, 0.15) is 11.4 Å². The molecule has 1 fully saturated rings. The van der Waals surface area contributed by atoms with E-state index in [1.165, 1.54) is 6.07 Å². The standard InChI is InChI=1S/C22H25F3N6O2/c1-21(2,33)13-9-14(10-13)31-11-12-8-16(19(30(3)4)28-18(12)29-31)27-20(32)15-6-5-7-17(26-15)22(23,24)25/h5-8,11,13-14,33H,9-10H2,1-4H3,(H,27,32). The predicted octanol–water partition coefficient (Wildman–Crippen LogP) is 3.89. The molecule has 3 aromatic rings. The van der Waals surface area contributed by atoms with E-state index in [-0.39, 0.29) is 17.7 Å². The Hall–Kier alpha value is -3.21. The summed E-state index contributed by atoms with van der Waals surface area (Å²) in [7, 11) is 3.48. The third-order valence-corrected chi connectivity index (χ3v) is 5.92. The number of carbonyl (C=O) groups excluding carboxylic acids is 1. The minimum atomic E-state index is -4.65. The number of nitrogens with one attached hydrogen (secondary N) is 1. The van der Waals surface area contributed by atoms with Crippen LogP contribution in [0, 0.1) is 5.92 Å². The van der Waals surface area contributed by atoms with Gasteiger partial charge in [-0.3, -0.25) is 9.48 Å². The van der Waals surface area contributed by atoms with Gasteiger partial charge in [0.2, 0.25) is 0 Å². The number of carbonyl (C=O) groups is 1. The monoisotopic (exact) mass is 462 g/mol. The lowest BCUT2D eigenvalue weighted by atomic mass is 9.71. The van der Waals surface area contributed by atoms with Gasteiger partial charge < -0.3 is 15.3 Å². The molecule has 0 aromatic carbocycles. The number of rotatable bonds is 5. The molecule has 0 unspecified atom stereocenters. The largest absolute Gasteiger partial charge is 0.433 e. The number of halogens is 3. The van der Waals surface area contributed by atoms with E-state index >= 15 is 0 Å². The van der Waals surface area contributed by atoms with Crippen LogP contribution < -0.4 is 10.2 Å². The molecule has 0 spiro atoms. The summed E-state index contributed by atoms with van der Waals surface area (Å²) in [5.74, 6) is -0.171. The van der Waals surface area contributed by atoms with Crippen LogP contribution in [0.3, 0.4) is 0 Å². The normalized spacial score (nSPS) is 18.8. The first-order valence-corrected chi connectivity index (χ1v) is 10.5. The van der Waals surface area contributed by atoms with Gasteiger partial charge in [-0.15, -0.1) is 0 Å². The van der Waals surface area contributed by atoms with Crippen molar-refractivity contribution in [3.8, 4) is 0 Å². The Morgan fingerprint density at radius 1 is 1.21 bits per heavy atom. The summed E-state index contributed by atoms with van der Waals surface area (Å²) in [5.41, 5.74) is -1.41. The lowest BCUT2D eigenvalue weighted by molar-refractivity contribution is -0.141. The van der Waals surface area contributed by atoms with Crippen molar-refractivity contribution >= 4 is 28.4 Å². The maximum atomic E-state index is 13.0. The average molecular weight is 462 g/mol. The Balaban J connectivity index is 1.61. The maximum Gasteiger partial charge on any atom is 0.433 e. The summed E-state index contributed by atoms with van der Waals surface area (Å²) in [6, 6.07) is 5.01. The van der Waals surface area contributed by atoms with E-state index in [0.29, 0.717) is 22.5 Å². The minimum absolute atomic E-state index is 0.144. The molecule has 1 amide bonds. The molecule has 1 saturated carbocycles. The van der Waals surface area contributed by atoms with E-state index in [0.717, 1.165) is 25.0 Å². The fourth-order valence-electron chi connectivity index (χ4n) is 3.87. The van der Waals surface area contributed by atoms with Crippen LogP contribution in [0.2, 0.25) is 0 Å². The van der Waals surface area contributed by atoms with E-state index < -0.39 is 23.4 Å². The first-order chi connectivity index (χ1) is 15.3. The average Bonchev–Trinajstić information content (AvgIpc) is 3.06. The molecular weight excluding hydrogens is 437 g/mol. The van der Waals surface area contributed by atoms with Gasteiger partial charge >= 0.3 is 6.18 Å². The molecule has 0 bridgehead atoms. The number of amides is 1. The highest BCUT2D eigenvalue weighted by Gasteiger charge is 2.40.